The zero-order valence-electron chi connectivity index (χ0n) is 12.6. The van der Waals surface area contributed by atoms with E-state index in [1.165, 1.54) is 12.1 Å². The number of carboxylic acids is 1. The van der Waals surface area contributed by atoms with Crippen molar-refractivity contribution in [3.05, 3.63) is 35.4 Å². The second kappa shape index (κ2) is 6.26. The molecule has 2 saturated carbocycles. The van der Waals surface area contributed by atoms with Crippen LogP contribution < -0.4 is 5.32 Å². The van der Waals surface area contributed by atoms with Gasteiger partial charge in [-0.1, -0.05) is 12.1 Å². The third kappa shape index (κ3) is 3.35. The van der Waals surface area contributed by atoms with Gasteiger partial charge in [0.05, 0.1) is 5.92 Å². The number of hydrogen-bond acceptors (Lipinski definition) is 2. The van der Waals surface area contributed by atoms with Gasteiger partial charge < -0.3 is 10.4 Å². The van der Waals surface area contributed by atoms with Gasteiger partial charge in [0, 0.05) is 12.0 Å². The second-order valence-corrected chi connectivity index (χ2v) is 6.49. The zero-order chi connectivity index (χ0) is 16.6. The maximum absolute atomic E-state index is 13.7. The molecule has 1 aromatic rings. The molecule has 0 aromatic heterocycles. The van der Waals surface area contributed by atoms with Crippen LogP contribution in [0.2, 0.25) is 0 Å². The maximum Gasteiger partial charge on any atom is 0.306 e. The molecule has 0 spiro atoms. The molecular formula is C17H19F2NO3. The molecule has 124 valence electrons. The molecule has 23 heavy (non-hydrogen) atoms. The first-order valence-electron chi connectivity index (χ1n) is 7.94. The Kier molecular flexibility index (Phi) is 4.33. The van der Waals surface area contributed by atoms with Crippen LogP contribution >= 0.6 is 0 Å². The highest BCUT2D eigenvalue weighted by molar-refractivity contribution is 5.83. The summed E-state index contributed by atoms with van der Waals surface area (Å²) in [5.74, 6) is -3.57. The standard InChI is InChI=1S/C17H19F2NO3/c18-14-3-1-2-11(15(14)19)12-8-13(12)16(21)20-10-6-4-9(5-7-10)17(22)23/h1-3,9-10,12-13H,4-8H2,(H,20,21)(H,22,23)/t9?,10?,12-,13+/m0/s1. The van der Waals surface area contributed by atoms with Crippen LogP contribution in [-0.2, 0) is 9.59 Å². The number of rotatable bonds is 4. The second-order valence-electron chi connectivity index (χ2n) is 6.49. The number of benzene rings is 1. The van der Waals surface area contributed by atoms with Crippen molar-refractivity contribution in [2.75, 3.05) is 0 Å². The Morgan fingerprint density at radius 3 is 2.48 bits per heavy atom. The molecule has 0 aliphatic heterocycles. The fourth-order valence-corrected chi connectivity index (χ4v) is 3.43. The first kappa shape index (κ1) is 15.9. The molecule has 0 heterocycles. The van der Waals surface area contributed by atoms with Crippen molar-refractivity contribution < 1.29 is 23.5 Å². The minimum atomic E-state index is -0.888. The van der Waals surface area contributed by atoms with E-state index < -0.39 is 17.6 Å². The molecule has 6 heteroatoms. The molecule has 2 fully saturated rings. The quantitative estimate of drug-likeness (QED) is 0.895. The van der Waals surface area contributed by atoms with Crippen LogP contribution in [0.3, 0.4) is 0 Å². The van der Waals surface area contributed by atoms with Crippen LogP contribution in [0.25, 0.3) is 0 Å². The summed E-state index contributed by atoms with van der Waals surface area (Å²) in [6, 6.07) is 4.02. The van der Waals surface area contributed by atoms with Crippen molar-refractivity contribution >= 4 is 11.9 Å². The normalized spacial score (nSPS) is 29.8. The Balaban J connectivity index is 1.53. The molecule has 0 bridgehead atoms. The number of hydrogen-bond donors (Lipinski definition) is 2. The van der Waals surface area contributed by atoms with Gasteiger partial charge in [0.2, 0.25) is 5.91 Å². The van der Waals surface area contributed by atoms with Crippen LogP contribution in [0.5, 0.6) is 0 Å². The Morgan fingerprint density at radius 2 is 1.83 bits per heavy atom. The Labute approximate surface area is 132 Å². The third-order valence-electron chi connectivity index (χ3n) is 4.93. The smallest absolute Gasteiger partial charge is 0.306 e. The lowest BCUT2D eigenvalue weighted by molar-refractivity contribution is -0.142. The van der Waals surface area contributed by atoms with E-state index in [0.29, 0.717) is 32.1 Å². The summed E-state index contributed by atoms with van der Waals surface area (Å²) in [6.07, 6.45) is 2.94. The highest BCUT2D eigenvalue weighted by Gasteiger charge is 2.46. The summed E-state index contributed by atoms with van der Waals surface area (Å²) in [4.78, 5) is 23.1. The monoisotopic (exact) mass is 323 g/mol. The Bertz CT molecular complexity index is 626. The summed E-state index contributed by atoms with van der Waals surface area (Å²) in [6.45, 7) is 0. The minimum Gasteiger partial charge on any atom is -0.481 e. The first-order valence-corrected chi connectivity index (χ1v) is 7.94. The zero-order valence-corrected chi connectivity index (χ0v) is 12.6. The largest absolute Gasteiger partial charge is 0.481 e. The van der Waals surface area contributed by atoms with Gasteiger partial charge in [-0.05, 0) is 49.7 Å². The highest BCUT2D eigenvalue weighted by atomic mass is 19.2. The van der Waals surface area contributed by atoms with Gasteiger partial charge in [0.15, 0.2) is 11.6 Å². The number of carbonyl (C=O) groups excluding carboxylic acids is 1. The average molecular weight is 323 g/mol. The van der Waals surface area contributed by atoms with Gasteiger partial charge in [-0.25, -0.2) is 8.78 Å². The molecule has 0 saturated heterocycles. The molecule has 0 unspecified atom stereocenters. The van der Waals surface area contributed by atoms with Crippen LogP contribution in [0, 0.1) is 23.5 Å². The van der Waals surface area contributed by atoms with Crippen LogP contribution in [0.4, 0.5) is 8.78 Å². The predicted octanol–water partition coefficient (Wildman–Crippen LogP) is 2.83. The lowest BCUT2D eigenvalue weighted by Gasteiger charge is -2.26. The van der Waals surface area contributed by atoms with E-state index >= 15 is 0 Å². The lowest BCUT2D eigenvalue weighted by Crippen LogP contribution is -2.39. The number of carbonyl (C=O) groups is 2. The molecule has 2 atom stereocenters. The van der Waals surface area contributed by atoms with Crippen molar-refractivity contribution in [3.8, 4) is 0 Å². The van der Waals surface area contributed by atoms with Crippen molar-refractivity contribution in [1.82, 2.24) is 5.32 Å². The highest BCUT2D eigenvalue weighted by Crippen LogP contribution is 2.48. The van der Waals surface area contributed by atoms with Gasteiger partial charge in [-0.2, -0.15) is 0 Å². The summed E-state index contributed by atoms with van der Waals surface area (Å²) >= 11 is 0. The van der Waals surface area contributed by atoms with E-state index in [0.717, 1.165) is 6.07 Å². The number of nitrogens with one attached hydrogen (secondary N) is 1. The summed E-state index contributed by atoms with van der Waals surface area (Å²) < 4.78 is 27.0. The van der Waals surface area contributed by atoms with Crippen LogP contribution in [-0.4, -0.2) is 23.0 Å². The summed E-state index contributed by atoms with van der Waals surface area (Å²) in [7, 11) is 0. The Hall–Kier alpha value is -1.98. The van der Waals surface area contributed by atoms with E-state index in [1.54, 1.807) is 0 Å². The van der Waals surface area contributed by atoms with Crippen LogP contribution in [0.1, 0.15) is 43.6 Å². The van der Waals surface area contributed by atoms with Crippen LogP contribution in [0.15, 0.2) is 18.2 Å². The van der Waals surface area contributed by atoms with Crippen molar-refractivity contribution in [1.29, 1.82) is 0 Å². The molecule has 2 aliphatic carbocycles. The number of amides is 1. The fourth-order valence-electron chi connectivity index (χ4n) is 3.43. The van der Waals surface area contributed by atoms with Gasteiger partial charge in [0.25, 0.3) is 0 Å². The van der Waals surface area contributed by atoms with E-state index in [9.17, 15) is 18.4 Å². The molecule has 2 aliphatic rings. The topological polar surface area (TPSA) is 66.4 Å². The molecule has 1 aromatic carbocycles. The van der Waals surface area contributed by atoms with Gasteiger partial charge in [0.1, 0.15) is 0 Å². The van der Waals surface area contributed by atoms with E-state index in [1.807, 2.05) is 0 Å². The van der Waals surface area contributed by atoms with Crippen molar-refractivity contribution in [2.24, 2.45) is 11.8 Å². The molecular weight excluding hydrogens is 304 g/mol. The first-order chi connectivity index (χ1) is 11.0. The SMILES string of the molecule is O=C(O)C1CCC(NC(=O)[C@@H]2C[C@H]2c2cccc(F)c2F)CC1. The number of carboxylic acid groups (broad SMARTS) is 1. The van der Waals surface area contributed by atoms with Gasteiger partial charge in [-0.15, -0.1) is 0 Å². The fraction of sp³-hybridized carbons (Fsp3) is 0.529. The van der Waals surface area contributed by atoms with E-state index in [2.05, 4.69) is 5.32 Å². The average Bonchev–Trinajstić information content (AvgIpc) is 3.31. The van der Waals surface area contributed by atoms with Gasteiger partial charge >= 0.3 is 5.97 Å². The molecule has 2 N–H and O–H groups in total. The predicted molar refractivity (Wildman–Crippen MR) is 78.7 cm³/mol. The maximum atomic E-state index is 13.7. The Morgan fingerprint density at radius 1 is 1.13 bits per heavy atom. The van der Waals surface area contributed by atoms with Crippen molar-refractivity contribution in [3.63, 3.8) is 0 Å². The van der Waals surface area contributed by atoms with E-state index in [4.69, 9.17) is 5.11 Å². The van der Waals surface area contributed by atoms with Crippen molar-refractivity contribution in [2.45, 2.75) is 44.1 Å². The summed E-state index contributed by atoms with van der Waals surface area (Å²) in [5, 5.41) is 11.9. The minimum absolute atomic E-state index is 0.0169. The molecule has 4 nitrogen and oxygen atoms in total. The molecule has 3 rings (SSSR count). The molecule has 0 radical (unpaired) electrons. The lowest BCUT2D eigenvalue weighted by atomic mass is 9.86. The number of aliphatic carboxylic acids is 1. The van der Waals surface area contributed by atoms with Gasteiger partial charge in [-0.3, -0.25) is 9.59 Å². The number of halogens is 2. The third-order valence-corrected chi connectivity index (χ3v) is 4.93. The summed E-state index contributed by atoms with van der Waals surface area (Å²) in [5.41, 5.74) is 0.264. The molecule has 1 amide bonds. The van der Waals surface area contributed by atoms with E-state index in [-0.39, 0.29) is 35.3 Å².